The molecule has 3 rings (SSSR count). The Bertz CT molecular complexity index is 817. The first kappa shape index (κ1) is 14.2. The molecular weight excluding hydrogens is 362 g/mol. The summed E-state index contributed by atoms with van der Waals surface area (Å²) in [7, 11) is 0. The van der Waals surface area contributed by atoms with Crippen LogP contribution in [0.3, 0.4) is 0 Å². The molecule has 0 atom stereocenters. The standard InChI is InChI=1S/C15H8BrClF2N2/c16-15-8-13(10-3-1-2-4-11(10)17)20-21(15)14-7-9(18)5-6-12(14)19/h1-8H. The molecule has 0 radical (unpaired) electrons. The smallest absolute Gasteiger partial charge is 0.149 e. The van der Waals surface area contributed by atoms with E-state index in [1.807, 2.05) is 18.2 Å². The minimum absolute atomic E-state index is 0.0279. The molecule has 6 heteroatoms. The van der Waals surface area contributed by atoms with Crippen LogP contribution >= 0.6 is 27.5 Å². The van der Waals surface area contributed by atoms with Crippen LogP contribution < -0.4 is 0 Å². The van der Waals surface area contributed by atoms with Gasteiger partial charge in [-0.05, 0) is 40.2 Å². The fraction of sp³-hybridized carbons (Fsp3) is 0. The number of nitrogens with zero attached hydrogens (tertiary/aromatic N) is 2. The molecule has 0 amide bonds. The highest BCUT2D eigenvalue weighted by Gasteiger charge is 2.14. The summed E-state index contributed by atoms with van der Waals surface area (Å²) in [6.07, 6.45) is 0. The zero-order chi connectivity index (χ0) is 15.0. The van der Waals surface area contributed by atoms with Gasteiger partial charge in [0.1, 0.15) is 21.9 Å². The molecule has 0 bridgehead atoms. The van der Waals surface area contributed by atoms with E-state index >= 15 is 0 Å². The van der Waals surface area contributed by atoms with Crippen molar-refractivity contribution in [2.24, 2.45) is 0 Å². The molecule has 0 spiro atoms. The van der Waals surface area contributed by atoms with Gasteiger partial charge in [0.05, 0.1) is 10.7 Å². The van der Waals surface area contributed by atoms with Crippen molar-refractivity contribution >= 4 is 27.5 Å². The second-order valence-electron chi connectivity index (χ2n) is 4.34. The molecule has 0 aliphatic rings. The van der Waals surface area contributed by atoms with Crippen molar-refractivity contribution < 1.29 is 8.78 Å². The maximum atomic E-state index is 13.9. The van der Waals surface area contributed by atoms with Gasteiger partial charge in [0.25, 0.3) is 0 Å². The summed E-state index contributed by atoms with van der Waals surface area (Å²) in [6, 6.07) is 12.1. The molecule has 0 saturated carbocycles. The Kier molecular flexibility index (Phi) is 3.78. The third-order valence-corrected chi connectivity index (χ3v) is 3.85. The van der Waals surface area contributed by atoms with Crippen LogP contribution in [-0.4, -0.2) is 9.78 Å². The zero-order valence-electron chi connectivity index (χ0n) is 10.5. The molecule has 21 heavy (non-hydrogen) atoms. The van der Waals surface area contributed by atoms with Crippen molar-refractivity contribution in [3.05, 3.63) is 69.8 Å². The lowest BCUT2D eigenvalue weighted by Crippen LogP contribution is -2.01. The third kappa shape index (κ3) is 2.71. The summed E-state index contributed by atoms with van der Waals surface area (Å²) in [5.41, 5.74) is 1.31. The summed E-state index contributed by atoms with van der Waals surface area (Å²) in [6.45, 7) is 0. The number of hydrogen-bond donors (Lipinski definition) is 0. The monoisotopic (exact) mass is 368 g/mol. The van der Waals surface area contributed by atoms with Crippen LogP contribution in [0.1, 0.15) is 0 Å². The SMILES string of the molecule is Fc1ccc(F)c(-n2nc(-c3ccccc3Cl)cc2Br)c1. The molecular formula is C15H8BrClF2N2. The van der Waals surface area contributed by atoms with Gasteiger partial charge in [0.15, 0.2) is 0 Å². The van der Waals surface area contributed by atoms with E-state index in [-0.39, 0.29) is 5.69 Å². The van der Waals surface area contributed by atoms with Crippen LogP contribution in [0.25, 0.3) is 16.9 Å². The lowest BCUT2D eigenvalue weighted by molar-refractivity contribution is 0.586. The van der Waals surface area contributed by atoms with Gasteiger partial charge in [-0.2, -0.15) is 5.10 Å². The van der Waals surface area contributed by atoms with Gasteiger partial charge in [0, 0.05) is 11.6 Å². The first-order chi connectivity index (χ1) is 10.1. The highest BCUT2D eigenvalue weighted by atomic mass is 79.9. The third-order valence-electron chi connectivity index (χ3n) is 2.95. The minimum atomic E-state index is -0.564. The number of rotatable bonds is 2. The number of halogens is 4. The van der Waals surface area contributed by atoms with Crippen LogP contribution in [0, 0.1) is 11.6 Å². The molecule has 2 aromatic carbocycles. The van der Waals surface area contributed by atoms with E-state index in [2.05, 4.69) is 21.0 Å². The van der Waals surface area contributed by atoms with E-state index < -0.39 is 11.6 Å². The molecule has 1 heterocycles. The van der Waals surface area contributed by atoms with Gasteiger partial charge in [0.2, 0.25) is 0 Å². The highest BCUT2D eigenvalue weighted by molar-refractivity contribution is 9.10. The van der Waals surface area contributed by atoms with E-state index in [4.69, 9.17) is 11.6 Å². The van der Waals surface area contributed by atoms with Gasteiger partial charge in [-0.3, -0.25) is 0 Å². The molecule has 1 aromatic heterocycles. The average molecular weight is 370 g/mol. The average Bonchev–Trinajstić information content (AvgIpc) is 2.84. The zero-order valence-corrected chi connectivity index (χ0v) is 12.9. The Balaban J connectivity index is 2.15. The minimum Gasteiger partial charge on any atom is -0.223 e. The summed E-state index contributed by atoms with van der Waals surface area (Å²) in [5, 5.41) is 4.83. The summed E-state index contributed by atoms with van der Waals surface area (Å²) in [5.74, 6) is -1.10. The topological polar surface area (TPSA) is 17.8 Å². The first-order valence-electron chi connectivity index (χ1n) is 6.02. The lowest BCUT2D eigenvalue weighted by Gasteiger charge is -2.05. The Morgan fingerprint density at radius 1 is 1.05 bits per heavy atom. The lowest BCUT2D eigenvalue weighted by atomic mass is 10.2. The van der Waals surface area contributed by atoms with Crippen LogP contribution in [0.4, 0.5) is 8.78 Å². The molecule has 0 saturated heterocycles. The van der Waals surface area contributed by atoms with Crippen LogP contribution in [-0.2, 0) is 0 Å². The van der Waals surface area contributed by atoms with Gasteiger partial charge in [-0.15, -0.1) is 0 Å². The maximum absolute atomic E-state index is 13.9. The van der Waals surface area contributed by atoms with E-state index in [9.17, 15) is 8.78 Å². The summed E-state index contributed by atoms with van der Waals surface area (Å²) >= 11 is 9.43. The quantitative estimate of drug-likeness (QED) is 0.604. The molecule has 0 fully saturated rings. The summed E-state index contributed by atoms with van der Waals surface area (Å²) < 4.78 is 29.0. The maximum Gasteiger partial charge on any atom is 0.149 e. The van der Waals surface area contributed by atoms with Crippen molar-refractivity contribution in [2.45, 2.75) is 0 Å². The molecule has 0 N–H and O–H groups in total. The van der Waals surface area contributed by atoms with E-state index in [1.165, 1.54) is 4.68 Å². The number of aromatic nitrogens is 2. The fourth-order valence-electron chi connectivity index (χ4n) is 1.98. The highest BCUT2D eigenvalue weighted by Crippen LogP contribution is 2.30. The molecule has 106 valence electrons. The van der Waals surface area contributed by atoms with Crippen molar-refractivity contribution in [3.63, 3.8) is 0 Å². The van der Waals surface area contributed by atoms with E-state index in [0.29, 0.717) is 15.3 Å². The molecule has 3 aromatic rings. The molecule has 2 nitrogen and oxygen atoms in total. The van der Waals surface area contributed by atoms with Crippen LogP contribution in [0.2, 0.25) is 5.02 Å². The Morgan fingerprint density at radius 2 is 1.81 bits per heavy atom. The van der Waals surface area contributed by atoms with Crippen molar-refractivity contribution in [1.82, 2.24) is 9.78 Å². The molecule has 0 unspecified atom stereocenters. The fourth-order valence-corrected chi connectivity index (χ4v) is 2.70. The second-order valence-corrected chi connectivity index (χ2v) is 5.56. The van der Waals surface area contributed by atoms with Gasteiger partial charge in [-0.25, -0.2) is 13.5 Å². The first-order valence-corrected chi connectivity index (χ1v) is 7.19. The van der Waals surface area contributed by atoms with Crippen molar-refractivity contribution in [3.8, 4) is 16.9 Å². The van der Waals surface area contributed by atoms with Gasteiger partial charge in [-0.1, -0.05) is 29.8 Å². The van der Waals surface area contributed by atoms with Gasteiger partial charge >= 0.3 is 0 Å². The number of hydrogen-bond acceptors (Lipinski definition) is 1. The van der Waals surface area contributed by atoms with Crippen LogP contribution in [0.5, 0.6) is 0 Å². The summed E-state index contributed by atoms with van der Waals surface area (Å²) in [4.78, 5) is 0. The predicted octanol–water partition coefficient (Wildman–Crippen LogP) is 5.23. The Labute approximate surface area is 133 Å². The molecule has 0 aliphatic carbocycles. The Hall–Kier alpha value is -1.72. The second kappa shape index (κ2) is 5.58. The predicted molar refractivity (Wildman–Crippen MR) is 81.6 cm³/mol. The van der Waals surface area contributed by atoms with Crippen LogP contribution in [0.15, 0.2) is 53.1 Å². The van der Waals surface area contributed by atoms with E-state index in [0.717, 1.165) is 23.8 Å². The van der Waals surface area contributed by atoms with Gasteiger partial charge < -0.3 is 0 Å². The molecule has 0 aliphatic heterocycles. The Morgan fingerprint density at radius 3 is 2.57 bits per heavy atom. The van der Waals surface area contributed by atoms with Crippen molar-refractivity contribution in [1.29, 1.82) is 0 Å². The number of benzene rings is 2. The van der Waals surface area contributed by atoms with Crippen molar-refractivity contribution in [2.75, 3.05) is 0 Å². The van der Waals surface area contributed by atoms with E-state index in [1.54, 1.807) is 12.1 Å². The normalized spacial score (nSPS) is 10.9. The largest absolute Gasteiger partial charge is 0.223 e.